The van der Waals surface area contributed by atoms with Crippen LogP contribution < -0.4 is 5.73 Å². The standard InChI is InChI=1S/C9H8N2S/c10-9-4-2-1-3-8(9)7-5-11-12-6-7/h1-6H,10H2. The first-order chi connectivity index (χ1) is 5.88. The van der Waals surface area contributed by atoms with E-state index < -0.39 is 0 Å². The van der Waals surface area contributed by atoms with Gasteiger partial charge in [0.05, 0.1) is 0 Å². The third kappa shape index (κ3) is 1.19. The molecule has 2 nitrogen and oxygen atoms in total. The predicted octanol–water partition coefficient (Wildman–Crippen LogP) is 2.39. The average Bonchev–Trinajstić information content (AvgIpc) is 2.57. The quantitative estimate of drug-likeness (QED) is 0.677. The van der Waals surface area contributed by atoms with Gasteiger partial charge in [0.15, 0.2) is 0 Å². The average molecular weight is 176 g/mol. The molecule has 0 unspecified atom stereocenters. The molecule has 1 aromatic carbocycles. The Labute approximate surface area is 74.8 Å². The van der Waals surface area contributed by atoms with Gasteiger partial charge in [0, 0.05) is 28.4 Å². The van der Waals surface area contributed by atoms with Crippen LogP contribution in [-0.2, 0) is 0 Å². The summed E-state index contributed by atoms with van der Waals surface area (Å²) in [4.78, 5) is 0. The van der Waals surface area contributed by atoms with Crippen LogP contribution in [0.1, 0.15) is 0 Å². The maximum atomic E-state index is 5.79. The Kier molecular flexibility index (Phi) is 1.80. The van der Waals surface area contributed by atoms with E-state index in [9.17, 15) is 0 Å². The van der Waals surface area contributed by atoms with Crippen LogP contribution in [-0.4, -0.2) is 4.37 Å². The van der Waals surface area contributed by atoms with E-state index in [2.05, 4.69) is 4.37 Å². The zero-order chi connectivity index (χ0) is 8.39. The Morgan fingerprint density at radius 2 is 2.08 bits per heavy atom. The van der Waals surface area contributed by atoms with Crippen molar-refractivity contribution in [3.8, 4) is 11.1 Å². The molecule has 0 spiro atoms. The second kappa shape index (κ2) is 2.95. The van der Waals surface area contributed by atoms with Crippen LogP contribution in [0.3, 0.4) is 0 Å². The minimum Gasteiger partial charge on any atom is -0.398 e. The summed E-state index contributed by atoms with van der Waals surface area (Å²) in [6.07, 6.45) is 1.83. The highest BCUT2D eigenvalue weighted by Gasteiger charge is 2.00. The summed E-state index contributed by atoms with van der Waals surface area (Å²) in [5.74, 6) is 0. The van der Waals surface area contributed by atoms with Crippen molar-refractivity contribution in [2.45, 2.75) is 0 Å². The molecule has 0 fully saturated rings. The number of aromatic nitrogens is 1. The largest absolute Gasteiger partial charge is 0.398 e. The van der Waals surface area contributed by atoms with Crippen LogP contribution in [0.15, 0.2) is 35.8 Å². The summed E-state index contributed by atoms with van der Waals surface area (Å²) in [7, 11) is 0. The topological polar surface area (TPSA) is 38.9 Å². The molecule has 0 radical (unpaired) electrons. The molecule has 0 bridgehead atoms. The molecule has 0 saturated carbocycles. The highest BCUT2D eigenvalue weighted by Crippen LogP contribution is 2.25. The fourth-order valence-corrected chi connectivity index (χ4v) is 1.63. The van der Waals surface area contributed by atoms with Crippen molar-refractivity contribution < 1.29 is 0 Å². The van der Waals surface area contributed by atoms with Crippen LogP contribution in [0.5, 0.6) is 0 Å². The molecule has 0 saturated heterocycles. The number of benzene rings is 1. The van der Waals surface area contributed by atoms with Gasteiger partial charge in [-0.3, -0.25) is 0 Å². The zero-order valence-electron chi connectivity index (χ0n) is 6.40. The molecular formula is C9H8N2S. The van der Waals surface area contributed by atoms with E-state index in [0.29, 0.717) is 0 Å². The third-order valence-corrected chi connectivity index (χ3v) is 2.29. The Hall–Kier alpha value is -1.35. The molecule has 3 heteroatoms. The van der Waals surface area contributed by atoms with Gasteiger partial charge in [-0.2, -0.15) is 0 Å². The van der Waals surface area contributed by atoms with Gasteiger partial charge in [0.25, 0.3) is 0 Å². The van der Waals surface area contributed by atoms with E-state index in [1.54, 1.807) is 0 Å². The van der Waals surface area contributed by atoms with Gasteiger partial charge in [0.1, 0.15) is 0 Å². The smallest absolute Gasteiger partial charge is 0.0486 e. The summed E-state index contributed by atoms with van der Waals surface area (Å²) in [6.45, 7) is 0. The van der Waals surface area contributed by atoms with Gasteiger partial charge >= 0.3 is 0 Å². The molecule has 0 aliphatic carbocycles. The number of hydrogen-bond donors (Lipinski definition) is 1. The lowest BCUT2D eigenvalue weighted by Gasteiger charge is -2.00. The number of nitrogens with zero attached hydrogens (tertiary/aromatic N) is 1. The monoisotopic (exact) mass is 176 g/mol. The second-order valence-corrected chi connectivity index (χ2v) is 3.16. The van der Waals surface area contributed by atoms with Gasteiger partial charge in [0.2, 0.25) is 0 Å². The van der Waals surface area contributed by atoms with Gasteiger partial charge in [-0.15, -0.1) is 0 Å². The molecule has 0 aliphatic rings. The highest BCUT2D eigenvalue weighted by molar-refractivity contribution is 7.03. The van der Waals surface area contributed by atoms with Crippen LogP contribution in [0.25, 0.3) is 11.1 Å². The molecule has 0 atom stereocenters. The van der Waals surface area contributed by atoms with Crippen molar-refractivity contribution >= 4 is 17.2 Å². The number of rotatable bonds is 1. The first kappa shape index (κ1) is 7.31. The van der Waals surface area contributed by atoms with Crippen molar-refractivity contribution in [1.82, 2.24) is 4.37 Å². The Morgan fingerprint density at radius 1 is 1.25 bits per heavy atom. The van der Waals surface area contributed by atoms with Crippen LogP contribution >= 0.6 is 11.5 Å². The Morgan fingerprint density at radius 3 is 2.75 bits per heavy atom. The normalized spacial score (nSPS) is 10.0. The van der Waals surface area contributed by atoms with E-state index in [-0.39, 0.29) is 0 Å². The Balaban J connectivity index is 2.55. The Bertz CT molecular complexity index is 368. The van der Waals surface area contributed by atoms with Crippen molar-refractivity contribution in [2.24, 2.45) is 0 Å². The lowest BCUT2D eigenvalue weighted by Crippen LogP contribution is -1.87. The molecule has 0 amide bonds. The molecule has 1 aromatic heterocycles. The first-order valence-corrected chi connectivity index (χ1v) is 4.46. The fourth-order valence-electron chi connectivity index (χ4n) is 1.10. The van der Waals surface area contributed by atoms with Gasteiger partial charge in [-0.1, -0.05) is 18.2 Å². The molecule has 2 rings (SSSR count). The number of nitrogen functional groups attached to an aromatic ring is 1. The molecule has 1 heterocycles. The van der Waals surface area contributed by atoms with E-state index >= 15 is 0 Å². The lowest BCUT2D eigenvalue weighted by atomic mass is 10.1. The van der Waals surface area contributed by atoms with Crippen LogP contribution in [0.2, 0.25) is 0 Å². The third-order valence-electron chi connectivity index (χ3n) is 1.70. The van der Waals surface area contributed by atoms with E-state index in [0.717, 1.165) is 16.8 Å². The van der Waals surface area contributed by atoms with Crippen molar-refractivity contribution in [3.05, 3.63) is 35.8 Å². The summed E-state index contributed by atoms with van der Waals surface area (Å²) in [5.41, 5.74) is 8.75. The van der Waals surface area contributed by atoms with Gasteiger partial charge in [-0.05, 0) is 17.6 Å². The van der Waals surface area contributed by atoms with Gasteiger partial charge < -0.3 is 5.73 Å². The van der Waals surface area contributed by atoms with Crippen molar-refractivity contribution in [2.75, 3.05) is 5.73 Å². The minimum atomic E-state index is 0.803. The molecular weight excluding hydrogens is 168 g/mol. The minimum absolute atomic E-state index is 0.803. The maximum absolute atomic E-state index is 5.79. The summed E-state index contributed by atoms with van der Waals surface area (Å²) < 4.78 is 4.03. The molecule has 2 N–H and O–H groups in total. The SMILES string of the molecule is Nc1ccccc1-c1cnsc1. The molecule has 2 aromatic rings. The predicted molar refractivity (Wildman–Crippen MR) is 52.0 cm³/mol. The van der Waals surface area contributed by atoms with Crippen LogP contribution in [0.4, 0.5) is 5.69 Å². The van der Waals surface area contributed by atoms with Crippen molar-refractivity contribution in [1.29, 1.82) is 0 Å². The van der Waals surface area contributed by atoms with E-state index in [1.165, 1.54) is 11.5 Å². The number of hydrogen-bond acceptors (Lipinski definition) is 3. The number of para-hydroxylation sites is 1. The fraction of sp³-hybridized carbons (Fsp3) is 0. The highest BCUT2D eigenvalue weighted by atomic mass is 32.1. The number of anilines is 1. The summed E-state index contributed by atoms with van der Waals surface area (Å²) >= 11 is 1.44. The second-order valence-electron chi connectivity index (χ2n) is 2.50. The number of nitrogens with two attached hydrogens (primary N) is 1. The molecule has 12 heavy (non-hydrogen) atoms. The summed E-state index contributed by atoms with van der Waals surface area (Å²) in [5, 5.41) is 1.99. The zero-order valence-corrected chi connectivity index (χ0v) is 7.21. The maximum Gasteiger partial charge on any atom is 0.0486 e. The van der Waals surface area contributed by atoms with Crippen LogP contribution in [0, 0.1) is 0 Å². The van der Waals surface area contributed by atoms with E-state index in [4.69, 9.17) is 5.73 Å². The summed E-state index contributed by atoms with van der Waals surface area (Å²) in [6, 6.07) is 7.80. The van der Waals surface area contributed by atoms with Gasteiger partial charge in [-0.25, -0.2) is 4.37 Å². The van der Waals surface area contributed by atoms with Crippen molar-refractivity contribution in [3.63, 3.8) is 0 Å². The molecule has 60 valence electrons. The first-order valence-electron chi connectivity index (χ1n) is 3.62. The molecule has 0 aliphatic heterocycles. The lowest BCUT2D eigenvalue weighted by molar-refractivity contribution is 1.56. The van der Waals surface area contributed by atoms with E-state index in [1.807, 2.05) is 35.8 Å².